The number of para-hydroxylation sites is 1. The Morgan fingerprint density at radius 3 is 2.45 bits per heavy atom. The van der Waals surface area contributed by atoms with Crippen molar-refractivity contribution in [1.29, 1.82) is 0 Å². The summed E-state index contributed by atoms with van der Waals surface area (Å²) in [5.41, 5.74) is 0.989. The second-order valence-electron chi connectivity index (χ2n) is 6.87. The van der Waals surface area contributed by atoms with Crippen molar-refractivity contribution >= 4 is 5.91 Å². The lowest BCUT2D eigenvalue weighted by molar-refractivity contribution is 0.0773. The van der Waals surface area contributed by atoms with Gasteiger partial charge in [0.05, 0.1) is 18.4 Å². The average molecular weight is 422 g/mol. The number of rotatable bonds is 7. The van der Waals surface area contributed by atoms with Crippen LogP contribution in [0.4, 0.5) is 8.78 Å². The molecule has 158 valence electrons. The third kappa shape index (κ3) is 4.32. The average Bonchev–Trinajstić information content (AvgIpc) is 3.44. The van der Waals surface area contributed by atoms with Gasteiger partial charge in [-0.15, -0.1) is 0 Å². The van der Waals surface area contributed by atoms with Crippen LogP contribution in [-0.2, 0) is 0 Å². The first-order chi connectivity index (χ1) is 15.0. The van der Waals surface area contributed by atoms with E-state index in [1.54, 1.807) is 53.0 Å². The Bertz CT molecular complexity index is 1170. The molecule has 2 aromatic carbocycles. The molecule has 0 saturated heterocycles. The van der Waals surface area contributed by atoms with E-state index in [4.69, 9.17) is 4.74 Å². The van der Waals surface area contributed by atoms with E-state index >= 15 is 0 Å². The molecule has 4 aromatic rings. The molecule has 0 bridgehead atoms. The SMILES string of the molecule is CN(CCOc1ccccc1F)C(=O)c1cnn(-c2ccc(F)cc2)c1-n1cccc1. The zero-order valence-corrected chi connectivity index (χ0v) is 16.8. The standard InChI is InChI=1S/C23H20F2N4O2/c1-27(14-15-31-21-7-3-2-6-20(21)25)23(30)19-16-26-29(18-10-8-17(24)9-11-18)22(19)28-12-4-5-13-28/h2-13,16H,14-15H2,1H3. The molecule has 0 aliphatic carbocycles. The molecule has 2 heterocycles. The van der Waals surface area contributed by atoms with E-state index < -0.39 is 5.82 Å². The van der Waals surface area contributed by atoms with Crippen LogP contribution in [0.15, 0.2) is 79.3 Å². The van der Waals surface area contributed by atoms with Gasteiger partial charge in [-0.3, -0.25) is 4.79 Å². The maximum atomic E-state index is 13.7. The number of aromatic nitrogens is 3. The number of amides is 1. The molecule has 4 rings (SSSR count). The second-order valence-corrected chi connectivity index (χ2v) is 6.87. The first-order valence-electron chi connectivity index (χ1n) is 9.64. The first-order valence-corrected chi connectivity index (χ1v) is 9.64. The highest BCUT2D eigenvalue weighted by Gasteiger charge is 2.22. The van der Waals surface area contributed by atoms with Gasteiger partial charge in [0, 0.05) is 19.4 Å². The lowest BCUT2D eigenvalue weighted by Crippen LogP contribution is -2.31. The molecule has 8 heteroatoms. The summed E-state index contributed by atoms with van der Waals surface area (Å²) in [6.07, 6.45) is 5.08. The van der Waals surface area contributed by atoms with Crippen LogP contribution >= 0.6 is 0 Å². The summed E-state index contributed by atoms with van der Waals surface area (Å²) >= 11 is 0. The highest BCUT2D eigenvalue weighted by molar-refractivity contribution is 5.97. The van der Waals surface area contributed by atoms with Crippen molar-refractivity contribution in [2.24, 2.45) is 0 Å². The van der Waals surface area contributed by atoms with Crippen LogP contribution in [0.5, 0.6) is 5.75 Å². The number of nitrogens with zero attached hydrogens (tertiary/aromatic N) is 4. The number of hydrogen-bond donors (Lipinski definition) is 0. The summed E-state index contributed by atoms with van der Waals surface area (Å²) in [6.45, 7) is 0.383. The molecular formula is C23H20F2N4O2. The van der Waals surface area contributed by atoms with Crippen molar-refractivity contribution in [3.63, 3.8) is 0 Å². The van der Waals surface area contributed by atoms with Crippen molar-refractivity contribution in [2.45, 2.75) is 0 Å². The van der Waals surface area contributed by atoms with E-state index in [1.807, 2.05) is 12.1 Å². The van der Waals surface area contributed by atoms with Crippen LogP contribution in [0.2, 0.25) is 0 Å². The Morgan fingerprint density at radius 1 is 1.03 bits per heavy atom. The van der Waals surface area contributed by atoms with Crippen molar-refractivity contribution in [1.82, 2.24) is 19.2 Å². The third-order valence-electron chi connectivity index (χ3n) is 4.76. The minimum atomic E-state index is -0.452. The van der Waals surface area contributed by atoms with Gasteiger partial charge in [-0.05, 0) is 48.5 Å². The Labute approximate surface area is 177 Å². The normalized spacial score (nSPS) is 10.8. The van der Waals surface area contributed by atoms with E-state index in [0.29, 0.717) is 17.1 Å². The zero-order valence-electron chi connectivity index (χ0n) is 16.8. The van der Waals surface area contributed by atoms with Gasteiger partial charge in [-0.1, -0.05) is 12.1 Å². The lowest BCUT2D eigenvalue weighted by Gasteiger charge is -2.18. The number of ether oxygens (including phenoxy) is 1. The van der Waals surface area contributed by atoms with Crippen molar-refractivity contribution in [3.8, 4) is 17.3 Å². The van der Waals surface area contributed by atoms with Gasteiger partial charge >= 0.3 is 0 Å². The number of carbonyl (C=O) groups excluding carboxylic acids is 1. The van der Waals surface area contributed by atoms with Crippen molar-refractivity contribution < 1.29 is 18.3 Å². The molecule has 0 saturated carbocycles. The molecule has 31 heavy (non-hydrogen) atoms. The Balaban J connectivity index is 1.56. The Morgan fingerprint density at radius 2 is 1.74 bits per heavy atom. The molecule has 0 N–H and O–H groups in total. The molecule has 0 spiro atoms. The topological polar surface area (TPSA) is 52.3 Å². The third-order valence-corrected chi connectivity index (χ3v) is 4.76. The van der Waals surface area contributed by atoms with Gasteiger partial charge < -0.3 is 14.2 Å². The van der Waals surface area contributed by atoms with Crippen LogP contribution in [0, 0.1) is 11.6 Å². The highest BCUT2D eigenvalue weighted by Crippen LogP contribution is 2.21. The molecule has 0 radical (unpaired) electrons. The predicted octanol–water partition coefficient (Wildman–Crippen LogP) is 4.09. The minimum absolute atomic E-state index is 0.133. The molecule has 0 fully saturated rings. The maximum absolute atomic E-state index is 13.7. The zero-order chi connectivity index (χ0) is 21.8. The van der Waals surface area contributed by atoms with E-state index in [1.165, 1.54) is 35.4 Å². The number of halogens is 2. The number of hydrogen-bond acceptors (Lipinski definition) is 3. The monoisotopic (exact) mass is 422 g/mol. The number of likely N-dealkylation sites (N-methyl/N-ethyl adjacent to an activating group) is 1. The molecule has 0 atom stereocenters. The molecular weight excluding hydrogens is 402 g/mol. The van der Waals surface area contributed by atoms with E-state index in [9.17, 15) is 13.6 Å². The van der Waals surface area contributed by atoms with Gasteiger partial charge in [-0.2, -0.15) is 5.10 Å². The van der Waals surface area contributed by atoms with Crippen LogP contribution < -0.4 is 4.74 Å². The van der Waals surface area contributed by atoms with Gasteiger partial charge in [-0.25, -0.2) is 13.5 Å². The van der Waals surface area contributed by atoms with Gasteiger partial charge in [0.25, 0.3) is 5.91 Å². The Hall–Kier alpha value is -3.94. The summed E-state index contributed by atoms with van der Waals surface area (Å²) in [7, 11) is 1.64. The first kappa shape index (κ1) is 20.3. The highest BCUT2D eigenvalue weighted by atomic mass is 19.1. The lowest BCUT2D eigenvalue weighted by atomic mass is 10.2. The fourth-order valence-electron chi connectivity index (χ4n) is 3.15. The van der Waals surface area contributed by atoms with Crippen molar-refractivity contribution in [2.75, 3.05) is 20.2 Å². The molecule has 0 aliphatic rings. The van der Waals surface area contributed by atoms with Crippen molar-refractivity contribution in [3.05, 3.63) is 96.5 Å². The van der Waals surface area contributed by atoms with Crippen LogP contribution in [0.1, 0.15) is 10.4 Å². The van der Waals surface area contributed by atoms with E-state index in [0.717, 1.165) is 0 Å². The fourth-order valence-corrected chi connectivity index (χ4v) is 3.15. The summed E-state index contributed by atoms with van der Waals surface area (Å²) in [6, 6.07) is 15.6. The summed E-state index contributed by atoms with van der Waals surface area (Å²) < 4.78 is 35.8. The Kier molecular flexibility index (Phi) is 5.79. The van der Waals surface area contributed by atoms with Crippen LogP contribution in [-0.4, -0.2) is 45.4 Å². The molecule has 0 unspecified atom stereocenters. The van der Waals surface area contributed by atoms with Gasteiger partial charge in [0.15, 0.2) is 17.4 Å². The van der Waals surface area contributed by atoms with Crippen LogP contribution in [0.3, 0.4) is 0 Å². The van der Waals surface area contributed by atoms with Crippen LogP contribution in [0.25, 0.3) is 11.5 Å². The number of benzene rings is 2. The summed E-state index contributed by atoms with van der Waals surface area (Å²) in [4.78, 5) is 14.6. The summed E-state index contributed by atoms with van der Waals surface area (Å²) in [5.74, 6) is -0.408. The smallest absolute Gasteiger partial charge is 0.259 e. The largest absolute Gasteiger partial charge is 0.489 e. The van der Waals surface area contributed by atoms with E-state index in [2.05, 4.69) is 5.10 Å². The maximum Gasteiger partial charge on any atom is 0.259 e. The summed E-state index contributed by atoms with van der Waals surface area (Å²) in [5, 5.41) is 4.36. The molecule has 6 nitrogen and oxygen atoms in total. The number of carbonyl (C=O) groups is 1. The molecule has 1 amide bonds. The quantitative estimate of drug-likeness (QED) is 0.451. The fraction of sp³-hybridized carbons (Fsp3) is 0.130. The van der Waals surface area contributed by atoms with Gasteiger partial charge in [0.2, 0.25) is 0 Å². The molecule has 0 aliphatic heterocycles. The van der Waals surface area contributed by atoms with Gasteiger partial charge in [0.1, 0.15) is 18.0 Å². The predicted molar refractivity (Wildman–Crippen MR) is 112 cm³/mol. The van der Waals surface area contributed by atoms with E-state index in [-0.39, 0.29) is 30.6 Å². The second kappa shape index (κ2) is 8.83. The minimum Gasteiger partial charge on any atom is -0.489 e. The molecule has 2 aromatic heterocycles.